The lowest BCUT2D eigenvalue weighted by Gasteiger charge is -2.05. The molecule has 0 saturated heterocycles. The van der Waals surface area contributed by atoms with Gasteiger partial charge in [-0.05, 0) is 30.0 Å². The van der Waals surface area contributed by atoms with Crippen LogP contribution in [0, 0.1) is 0 Å². The van der Waals surface area contributed by atoms with Crippen LogP contribution in [0.2, 0.25) is 0 Å². The van der Waals surface area contributed by atoms with Crippen molar-refractivity contribution in [3.05, 3.63) is 23.3 Å². The van der Waals surface area contributed by atoms with E-state index in [0.29, 0.717) is 0 Å². The number of benzene rings is 1. The van der Waals surface area contributed by atoms with Gasteiger partial charge in [0.15, 0.2) is 4.34 Å². The highest BCUT2D eigenvalue weighted by Gasteiger charge is 2.10. The van der Waals surface area contributed by atoms with Crippen LogP contribution in [-0.4, -0.2) is 10.2 Å². The third-order valence-electron chi connectivity index (χ3n) is 2.61. The van der Waals surface area contributed by atoms with E-state index in [1.165, 1.54) is 15.8 Å². The van der Waals surface area contributed by atoms with Crippen molar-refractivity contribution in [1.29, 1.82) is 0 Å². The van der Waals surface area contributed by atoms with Crippen molar-refractivity contribution in [2.45, 2.75) is 31.0 Å². The van der Waals surface area contributed by atoms with Gasteiger partial charge in [-0.15, -0.1) is 16.2 Å². The van der Waals surface area contributed by atoms with Crippen LogP contribution in [0.4, 0.5) is 0 Å². The lowest BCUT2D eigenvalue weighted by atomic mass is 10.0. The molecule has 16 heavy (non-hydrogen) atoms. The van der Waals surface area contributed by atoms with Crippen LogP contribution < -0.4 is 4.89 Å². The van der Waals surface area contributed by atoms with Crippen molar-refractivity contribution in [2.75, 3.05) is 0 Å². The predicted octanol–water partition coefficient (Wildman–Crippen LogP) is 3.41. The summed E-state index contributed by atoms with van der Waals surface area (Å²) in [7, 11) is 0. The quantitative estimate of drug-likeness (QED) is 0.648. The van der Waals surface area contributed by atoms with Crippen LogP contribution in [0.15, 0.2) is 16.5 Å². The Labute approximate surface area is 103 Å². The van der Waals surface area contributed by atoms with E-state index >= 15 is 0 Å². The molecule has 2 N–H and O–H groups in total. The molecule has 3 nitrogen and oxygen atoms in total. The van der Waals surface area contributed by atoms with Crippen molar-refractivity contribution in [1.82, 2.24) is 9.87 Å². The molecule has 1 heterocycles. The minimum Gasteiger partial charge on any atom is -0.306 e. The standard InChI is InChI=1S/C11H14N2OS2/c1-3-7-5-6-9-10(8(7)4-2)12-11(15-9)16-13-14/h5-6,13-14H,3-4H2,1-2H3. The van der Waals surface area contributed by atoms with Crippen LogP contribution in [-0.2, 0) is 12.8 Å². The van der Waals surface area contributed by atoms with Gasteiger partial charge in [0, 0.05) is 11.9 Å². The van der Waals surface area contributed by atoms with E-state index < -0.39 is 0 Å². The summed E-state index contributed by atoms with van der Waals surface area (Å²) < 4.78 is 2.03. The molecule has 0 spiro atoms. The fourth-order valence-corrected chi connectivity index (χ4v) is 3.37. The molecule has 0 aliphatic rings. The van der Waals surface area contributed by atoms with Gasteiger partial charge >= 0.3 is 0 Å². The average molecular weight is 254 g/mol. The molecular formula is C11H14N2OS2. The summed E-state index contributed by atoms with van der Waals surface area (Å²) in [5.74, 6) is 0. The normalized spacial score (nSPS) is 11.2. The van der Waals surface area contributed by atoms with Crippen molar-refractivity contribution >= 4 is 33.5 Å². The SMILES string of the molecule is CCc1ccc2sc(SNO)nc2c1CC. The maximum absolute atomic E-state index is 8.65. The first-order chi connectivity index (χ1) is 7.80. The van der Waals surface area contributed by atoms with E-state index in [1.54, 1.807) is 11.3 Å². The Kier molecular flexibility index (Phi) is 3.81. The first-order valence-electron chi connectivity index (χ1n) is 5.27. The molecule has 86 valence electrons. The highest BCUT2D eigenvalue weighted by atomic mass is 32.2. The molecule has 0 aliphatic heterocycles. The molecule has 1 aromatic carbocycles. The minimum atomic E-state index is 0.848. The van der Waals surface area contributed by atoms with Crippen molar-refractivity contribution in [3.8, 4) is 0 Å². The molecule has 2 aromatic rings. The number of aromatic nitrogens is 1. The summed E-state index contributed by atoms with van der Waals surface area (Å²) in [5.41, 5.74) is 3.79. The van der Waals surface area contributed by atoms with Gasteiger partial charge in [-0.2, -0.15) is 0 Å². The Morgan fingerprint density at radius 2 is 2.19 bits per heavy atom. The van der Waals surface area contributed by atoms with Crippen LogP contribution in [0.3, 0.4) is 0 Å². The maximum atomic E-state index is 8.65. The van der Waals surface area contributed by atoms with E-state index in [-0.39, 0.29) is 0 Å². The zero-order valence-electron chi connectivity index (χ0n) is 9.28. The molecule has 0 unspecified atom stereocenters. The zero-order chi connectivity index (χ0) is 11.5. The third kappa shape index (κ3) is 2.08. The third-order valence-corrected chi connectivity index (χ3v) is 4.28. The maximum Gasteiger partial charge on any atom is 0.168 e. The van der Waals surface area contributed by atoms with Gasteiger partial charge in [0.2, 0.25) is 0 Å². The average Bonchev–Trinajstić information content (AvgIpc) is 2.70. The number of hydrogen-bond donors (Lipinski definition) is 2. The number of thiazole rings is 1. The van der Waals surface area contributed by atoms with E-state index in [1.807, 2.05) is 0 Å². The fourth-order valence-electron chi connectivity index (χ4n) is 1.88. The van der Waals surface area contributed by atoms with E-state index in [2.05, 4.69) is 35.8 Å². The number of aryl methyl sites for hydroxylation is 2. The smallest absolute Gasteiger partial charge is 0.168 e. The largest absolute Gasteiger partial charge is 0.306 e. The molecule has 1 aromatic heterocycles. The van der Waals surface area contributed by atoms with Gasteiger partial charge in [0.25, 0.3) is 0 Å². The summed E-state index contributed by atoms with van der Waals surface area (Å²) in [6, 6.07) is 4.30. The summed E-state index contributed by atoms with van der Waals surface area (Å²) >= 11 is 2.75. The second-order valence-corrected chi connectivity index (χ2v) is 5.49. The summed E-state index contributed by atoms with van der Waals surface area (Å²) in [6.07, 6.45) is 2.04. The summed E-state index contributed by atoms with van der Waals surface area (Å²) in [4.78, 5) is 6.62. The molecule has 2 rings (SSSR count). The Morgan fingerprint density at radius 1 is 1.38 bits per heavy atom. The lowest BCUT2D eigenvalue weighted by molar-refractivity contribution is 0.258. The molecule has 0 saturated carbocycles. The van der Waals surface area contributed by atoms with Gasteiger partial charge in [-0.1, -0.05) is 19.9 Å². The van der Waals surface area contributed by atoms with Crippen molar-refractivity contribution in [2.24, 2.45) is 0 Å². The Bertz CT molecular complexity index is 496. The summed E-state index contributed by atoms with van der Waals surface area (Å²) in [5, 5.41) is 8.65. The van der Waals surface area contributed by atoms with E-state index in [0.717, 1.165) is 34.6 Å². The molecule has 0 amide bonds. The van der Waals surface area contributed by atoms with Crippen LogP contribution in [0.25, 0.3) is 10.2 Å². The lowest BCUT2D eigenvalue weighted by Crippen LogP contribution is -1.93. The Hall–Kier alpha value is -0.620. The number of fused-ring (bicyclic) bond motifs is 1. The number of hydrogen-bond acceptors (Lipinski definition) is 5. The van der Waals surface area contributed by atoms with Crippen LogP contribution in [0.5, 0.6) is 0 Å². The molecule has 0 radical (unpaired) electrons. The second kappa shape index (κ2) is 5.14. The van der Waals surface area contributed by atoms with Gasteiger partial charge in [0.05, 0.1) is 10.2 Å². The first-order valence-corrected chi connectivity index (χ1v) is 6.90. The highest BCUT2D eigenvalue weighted by molar-refractivity contribution is 7.99. The van der Waals surface area contributed by atoms with Crippen LogP contribution in [0.1, 0.15) is 25.0 Å². The zero-order valence-corrected chi connectivity index (χ0v) is 10.9. The number of nitrogens with zero attached hydrogens (tertiary/aromatic N) is 1. The van der Waals surface area contributed by atoms with Gasteiger partial charge in [-0.25, -0.2) is 4.98 Å². The topological polar surface area (TPSA) is 45.1 Å². The molecule has 0 bridgehead atoms. The van der Waals surface area contributed by atoms with E-state index in [9.17, 15) is 0 Å². The second-order valence-electron chi connectivity index (χ2n) is 3.43. The van der Waals surface area contributed by atoms with Gasteiger partial charge in [-0.3, -0.25) is 0 Å². The number of nitrogens with one attached hydrogen (secondary N) is 1. The van der Waals surface area contributed by atoms with Gasteiger partial charge < -0.3 is 5.21 Å². The Morgan fingerprint density at radius 3 is 2.81 bits per heavy atom. The highest BCUT2D eigenvalue weighted by Crippen LogP contribution is 2.31. The summed E-state index contributed by atoms with van der Waals surface area (Å²) in [6.45, 7) is 4.32. The molecule has 0 fully saturated rings. The first kappa shape index (κ1) is 11.9. The predicted molar refractivity (Wildman–Crippen MR) is 69.2 cm³/mol. The van der Waals surface area contributed by atoms with Crippen LogP contribution >= 0.6 is 23.3 Å². The fraction of sp³-hybridized carbons (Fsp3) is 0.364. The minimum absolute atomic E-state index is 0.848. The monoisotopic (exact) mass is 254 g/mol. The van der Waals surface area contributed by atoms with Gasteiger partial charge in [0.1, 0.15) is 0 Å². The Balaban J connectivity index is 2.57. The molecule has 0 aliphatic carbocycles. The van der Waals surface area contributed by atoms with Crippen molar-refractivity contribution in [3.63, 3.8) is 0 Å². The molecule has 5 heteroatoms. The molecule has 0 atom stereocenters. The molecular weight excluding hydrogens is 240 g/mol. The number of rotatable bonds is 4. The van der Waals surface area contributed by atoms with Crippen molar-refractivity contribution < 1.29 is 5.21 Å². The van der Waals surface area contributed by atoms with E-state index in [4.69, 9.17) is 5.21 Å².